The first-order chi connectivity index (χ1) is 11.5. The first-order valence-corrected chi connectivity index (χ1v) is 8.02. The summed E-state index contributed by atoms with van der Waals surface area (Å²) < 4.78 is 1.89. The van der Waals surface area contributed by atoms with Gasteiger partial charge in [-0.15, -0.1) is 10.2 Å². The molecule has 0 N–H and O–H groups in total. The summed E-state index contributed by atoms with van der Waals surface area (Å²) in [5.74, 6) is 0.765. The lowest BCUT2D eigenvalue weighted by Crippen LogP contribution is -1.97. The molecule has 3 aromatic rings. The van der Waals surface area contributed by atoms with Crippen LogP contribution >= 0.6 is 11.8 Å². The maximum absolute atomic E-state index is 10.8. The fourth-order valence-electron chi connectivity index (χ4n) is 2.28. The summed E-state index contributed by atoms with van der Waals surface area (Å²) in [7, 11) is 1.89. The van der Waals surface area contributed by atoms with Crippen LogP contribution in [0.1, 0.15) is 11.1 Å². The zero-order valence-electron chi connectivity index (χ0n) is 13.4. The average Bonchev–Trinajstić information content (AvgIpc) is 2.90. The Morgan fingerprint density at radius 3 is 2.67 bits per heavy atom. The molecule has 0 saturated heterocycles. The van der Waals surface area contributed by atoms with Crippen LogP contribution in [0.5, 0.6) is 0 Å². The predicted molar refractivity (Wildman–Crippen MR) is 90.9 cm³/mol. The average molecular weight is 341 g/mol. The molecule has 0 fully saturated rings. The van der Waals surface area contributed by atoms with Gasteiger partial charge in [-0.05, 0) is 37.2 Å². The van der Waals surface area contributed by atoms with Gasteiger partial charge in [-0.1, -0.05) is 23.8 Å². The van der Waals surface area contributed by atoms with Gasteiger partial charge in [0, 0.05) is 18.7 Å². The van der Waals surface area contributed by atoms with E-state index < -0.39 is 4.92 Å². The third-order valence-electron chi connectivity index (χ3n) is 3.53. The van der Waals surface area contributed by atoms with Gasteiger partial charge in [0.2, 0.25) is 0 Å². The van der Waals surface area contributed by atoms with Crippen LogP contribution in [0.25, 0.3) is 11.4 Å². The third-order valence-corrected chi connectivity index (χ3v) is 4.68. The Morgan fingerprint density at radius 1 is 1.21 bits per heavy atom. The first-order valence-electron chi connectivity index (χ1n) is 7.21. The molecule has 2 aromatic heterocycles. The monoisotopic (exact) mass is 341 g/mol. The second kappa shape index (κ2) is 6.40. The van der Waals surface area contributed by atoms with Crippen LogP contribution in [0.3, 0.4) is 0 Å². The van der Waals surface area contributed by atoms with Gasteiger partial charge in [-0.2, -0.15) is 0 Å². The zero-order valence-corrected chi connectivity index (χ0v) is 14.2. The minimum atomic E-state index is -0.452. The lowest BCUT2D eigenvalue weighted by molar-refractivity contribution is -0.385. The molecule has 0 unspecified atom stereocenters. The van der Waals surface area contributed by atoms with Gasteiger partial charge in [-0.25, -0.2) is 4.98 Å². The molecule has 24 heavy (non-hydrogen) atoms. The van der Waals surface area contributed by atoms with Crippen molar-refractivity contribution >= 4 is 17.4 Å². The van der Waals surface area contributed by atoms with Crippen molar-refractivity contribution in [1.29, 1.82) is 0 Å². The highest BCUT2D eigenvalue weighted by atomic mass is 32.2. The molecule has 0 aliphatic heterocycles. The highest BCUT2D eigenvalue weighted by Gasteiger charge is 2.15. The molecular formula is C16H15N5O2S. The predicted octanol–water partition coefficient (Wildman–Crippen LogP) is 3.55. The minimum absolute atomic E-state index is 0.0183. The van der Waals surface area contributed by atoms with E-state index in [-0.39, 0.29) is 5.69 Å². The number of benzene rings is 1. The highest BCUT2D eigenvalue weighted by molar-refractivity contribution is 7.99. The Kier molecular flexibility index (Phi) is 4.30. The summed E-state index contributed by atoms with van der Waals surface area (Å²) in [6.45, 7) is 3.82. The molecule has 0 spiro atoms. The van der Waals surface area contributed by atoms with Gasteiger partial charge >= 0.3 is 0 Å². The molecule has 0 bridgehead atoms. The van der Waals surface area contributed by atoms with E-state index in [1.807, 2.05) is 42.8 Å². The SMILES string of the molecule is Cc1cccc(-c2nnc(Sc3ncc([N+](=O)[O-])cc3C)n2C)c1. The fraction of sp³-hybridized carbons (Fsp3) is 0.188. The molecular weight excluding hydrogens is 326 g/mol. The zero-order chi connectivity index (χ0) is 17.3. The van der Waals surface area contributed by atoms with E-state index >= 15 is 0 Å². The Morgan fingerprint density at radius 2 is 2.00 bits per heavy atom. The van der Waals surface area contributed by atoms with Crippen molar-refractivity contribution in [2.24, 2.45) is 7.05 Å². The van der Waals surface area contributed by atoms with Crippen molar-refractivity contribution in [2.75, 3.05) is 0 Å². The summed E-state index contributed by atoms with van der Waals surface area (Å²) in [6, 6.07) is 9.55. The molecule has 2 heterocycles. The second-order valence-electron chi connectivity index (χ2n) is 5.41. The van der Waals surface area contributed by atoms with Gasteiger partial charge in [0.05, 0.1) is 4.92 Å². The Bertz CT molecular complexity index is 923. The van der Waals surface area contributed by atoms with Gasteiger partial charge < -0.3 is 4.57 Å². The summed E-state index contributed by atoms with van der Waals surface area (Å²) in [4.78, 5) is 14.5. The molecule has 0 aliphatic rings. The smallest absolute Gasteiger partial charge is 0.287 e. The number of hydrogen-bond donors (Lipinski definition) is 0. The standard InChI is InChI=1S/C16H15N5O2S/c1-10-5-4-6-12(7-10)14-18-19-16(20(14)3)24-15-11(2)8-13(9-17-15)21(22)23/h4-9H,1-3H3. The molecule has 122 valence electrons. The van der Waals surface area contributed by atoms with E-state index in [0.29, 0.717) is 10.2 Å². The van der Waals surface area contributed by atoms with Crippen LogP contribution in [-0.4, -0.2) is 24.7 Å². The molecule has 0 saturated carbocycles. The van der Waals surface area contributed by atoms with Gasteiger partial charge in [-0.3, -0.25) is 10.1 Å². The third kappa shape index (κ3) is 3.13. The molecule has 1 aromatic carbocycles. The van der Waals surface area contributed by atoms with Crippen LogP contribution in [0.2, 0.25) is 0 Å². The molecule has 0 aliphatic carbocycles. The molecule has 3 rings (SSSR count). The number of aryl methyl sites for hydroxylation is 2. The lowest BCUT2D eigenvalue weighted by atomic mass is 10.1. The summed E-state index contributed by atoms with van der Waals surface area (Å²) in [5.41, 5.74) is 2.85. The topological polar surface area (TPSA) is 86.7 Å². The number of nitrogens with zero attached hydrogens (tertiary/aromatic N) is 5. The van der Waals surface area contributed by atoms with Crippen LogP contribution in [0.4, 0.5) is 5.69 Å². The quantitative estimate of drug-likeness (QED) is 0.533. The summed E-state index contributed by atoms with van der Waals surface area (Å²) in [5, 5.41) is 20.6. The van der Waals surface area contributed by atoms with E-state index in [0.717, 1.165) is 22.5 Å². The van der Waals surface area contributed by atoms with Crippen LogP contribution in [-0.2, 0) is 7.05 Å². The number of nitro groups is 1. The normalized spacial score (nSPS) is 10.8. The lowest BCUT2D eigenvalue weighted by Gasteiger charge is -2.06. The summed E-state index contributed by atoms with van der Waals surface area (Å²) in [6.07, 6.45) is 1.26. The van der Waals surface area contributed by atoms with E-state index in [2.05, 4.69) is 15.2 Å². The van der Waals surface area contributed by atoms with E-state index in [9.17, 15) is 10.1 Å². The molecule has 0 amide bonds. The van der Waals surface area contributed by atoms with Gasteiger partial charge in [0.25, 0.3) is 5.69 Å². The van der Waals surface area contributed by atoms with E-state index in [4.69, 9.17) is 0 Å². The highest BCUT2D eigenvalue weighted by Crippen LogP contribution is 2.30. The molecule has 7 nitrogen and oxygen atoms in total. The second-order valence-corrected chi connectivity index (χ2v) is 6.37. The van der Waals surface area contributed by atoms with Crippen molar-refractivity contribution in [3.05, 3.63) is 57.8 Å². The number of pyridine rings is 1. The van der Waals surface area contributed by atoms with Gasteiger partial charge in [0.15, 0.2) is 11.0 Å². The van der Waals surface area contributed by atoms with E-state index in [1.54, 1.807) is 6.92 Å². The molecule has 0 atom stereocenters. The maximum atomic E-state index is 10.8. The Balaban J connectivity index is 1.91. The van der Waals surface area contributed by atoms with Crippen molar-refractivity contribution in [3.63, 3.8) is 0 Å². The van der Waals surface area contributed by atoms with Gasteiger partial charge in [0.1, 0.15) is 11.2 Å². The largest absolute Gasteiger partial charge is 0.305 e. The van der Waals surface area contributed by atoms with Crippen LogP contribution < -0.4 is 0 Å². The first kappa shape index (κ1) is 16.1. The van der Waals surface area contributed by atoms with Crippen LogP contribution in [0, 0.1) is 24.0 Å². The molecule has 0 radical (unpaired) electrons. The Labute approximate surface area is 142 Å². The number of rotatable bonds is 4. The van der Waals surface area contributed by atoms with Crippen molar-refractivity contribution in [1.82, 2.24) is 19.7 Å². The van der Waals surface area contributed by atoms with Crippen molar-refractivity contribution in [3.8, 4) is 11.4 Å². The Hall–Kier alpha value is -2.74. The molecule has 8 heteroatoms. The van der Waals surface area contributed by atoms with Crippen molar-refractivity contribution < 1.29 is 4.92 Å². The van der Waals surface area contributed by atoms with Crippen molar-refractivity contribution in [2.45, 2.75) is 24.0 Å². The minimum Gasteiger partial charge on any atom is -0.305 e. The number of aromatic nitrogens is 4. The maximum Gasteiger partial charge on any atom is 0.287 e. The van der Waals surface area contributed by atoms with E-state index in [1.165, 1.54) is 24.0 Å². The number of hydrogen-bond acceptors (Lipinski definition) is 6. The van der Waals surface area contributed by atoms with Crippen LogP contribution in [0.15, 0.2) is 46.7 Å². The summed E-state index contributed by atoms with van der Waals surface area (Å²) >= 11 is 1.34. The fourth-order valence-corrected chi connectivity index (χ4v) is 3.08.